The fourth-order valence-corrected chi connectivity index (χ4v) is 4.27. The van der Waals surface area contributed by atoms with E-state index in [1.54, 1.807) is 6.07 Å². The molecular weight excluding hydrogens is 320 g/mol. The zero-order chi connectivity index (χ0) is 18.0. The number of amides is 2. The topological polar surface area (TPSA) is 74.0 Å². The Kier molecular flexibility index (Phi) is 5.47. The van der Waals surface area contributed by atoms with E-state index in [9.17, 15) is 14.7 Å². The summed E-state index contributed by atoms with van der Waals surface area (Å²) in [6.07, 6.45) is 4.88. The van der Waals surface area contributed by atoms with Gasteiger partial charge in [0.25, 0.3) is 5.91 Å². The van der Waals surface area contributed by atoms with Crippen LogP contribution in [0.2, 0.25) is 0 Å². The van der Waals surface area contributed by atoms with Gasteiger partial charge < -0.3 is 19.3 Å². The monoisotopic (exact) mass is 348 g/mol. The van der Waals surface area contributed by atoms with Gasteiger partial charge in [0.05, 0.1) is 11.8 Å². The number of hydrogen-bond acceptors (Lipinski definition) is 4. The van der Waals surface area contributed by atoms with E-state index in [0.29, 0.717) is 30.5 Å². The van der Waals surface area contributed by atoms with Crippen LogP contribution in [0.5, 0.6) is 0 Å². The molecule has 0 aromatic carbocycles. The largest absolute Gasteiger partial charge is 0.472 e. The highest BCUT2D eigenvalue weighted by Crippen LogP contribution is 2.36. The highest BCUT2D eigenvalue weighted by atomic mass is 16.3. The molecule has 2 fully saturated rings. The van der Waals surface area contributed by atoms with E-state index in [4.69, 9.17) is 4.42 Å². The van der Waals surface area contributed by atoms with Gasteiger partial charge in [-0.1, -0.05) is 13.8 Å². The summed E-state index contributed by atoms with van der Waals surface area (Å²) >= 11 is 0. The predicted octanol–water partition coefficient (Wildman–Crippen LogP) is 1.85. The van der Waals surface area contributed by atoms with Crippen molar-refractivity contribution in [3.63, 3.8) is 0 Å². The zero-order valence-corrected chi connectivity index (χ0v) is 15.1. The van der Waals surface area contributed by atoms with Crippen molar-refractivity contribution in [1.29, 1.82) is 0 Å². The van der Waals surface area contributed by atoms with E-state index in [1.165, 1.54) is 12.5 Å². The van der Waals surface area contributed by atoms with Crippen LogP contribution in [0.1, 0.15) is 37.0 Å². The summed E-state index contributed by atoms with van der Waals surface area (Å²) in [6, 6.07) is 1.68. The van der Waals surface area contributed by atoms with Crippen LogP contribution in [0, 0.1) is 23.7 Å². The molecule has 3 heterocycles. The standard InChI is InChI=1S/C19H28N2O4/c1-13(2)18(23)20-6-3-14(4-7-20)17-10-21(9-16(17)11-22)19(24)15-5-8-25-12-15/h5,8,12-14,16-17,22H,3-4,6-7,9-11H2,1-2H3/t16-,17-/m0/s1. The molecule has 2 aliphatic rings. The normalized spacial score (nSPS) is 25.0. The molecule has 1 aromatic rings. The number of furan rings is 1. The molecule has 0 unspecified atom stereocenters. The minimum Gasteiger partial charge on any atom is -0.472 e. The Balaban J connectivity index is 1.60. The SMILES string of the molecule is CC(C)C(=O)N1CCC([C@@H]2CN(C(=O)c3ccoc3)C[C@H]2CO)CC1. The van der Waals surface area contributed by atoms with Gasteiger partial charge in [-0.25, -0.2) is 0 Å². The van der Waals surface area contributed by atoms with Gasteiger partial charge >= 0.3 is 0 Å². The first-order valence-corrected chi connectivity index (χ1v) is 9.22. The van der Waals surface area contributed by atoms with Crippen LogP contribution in [0.3, 0.4) is 0 Å². The second-order valence-electron chi connectivity index (χ2n) is 7.65. The Hall–Kier alpha value is -1.82. The fourth-order valence-electron chi connectivity index (χ4n) is 4.27. The molecule has 6 heteroatoms. The maximum absolute atomic E-state index is 12.5. The molecule has 6 nitrogen and oxygen atoms in total. The van der Waals surface area contributed by atoms with Gasteiger partial charge in [0.2, 0.25) is 5.91 Å². The number of aliphatic hydroxyl groups is 1. The third-order valence-electron chi connectivity index (χ3n) is 5.73. The highest BCUT2D eigenvalue weighted by Gasteiger charge is 2.41. The Bertz CT molecular complexity index is 591. The molecule has 0 spiro atoms. The van der Waals surface area contributed by atoms with E-state index in [1.807, 2.05) is 23.6 Å². The number of carbonyl (C=O) groups is 2. The quantitative estimate of drug-likeness (QED) is 0.901. The third kappa shape index (κ3) is 3.73. The Morgan fingerprint density at radius 1 is 1.24 bits per heavy atom. The predicted molar refractivity (Wildman–Crippen MR) is 92.8 cm³/mol. The smallest absolute Gasteiger partial charge is 0.257 e. The summed E-state index contributed by atoms with van der Waals surface area (Å²) in [5.74, 6) is 1.11. The molecule has 138 valence electrons. The van der Waals surface area contributed by atoms with Crippen molar-refractivity contribution in [3.05, 3.63) is 24.2 Å². The third-order valence-corrected chi connectivity index (χ3v) is 5.73. The molecule has 0 bridgehead atoms. The van der Waals surface area contributed by atoms with Crippen molar-refractivity contribution in [1.82, 2.24) is 9.80 Å². The van der Waals surface area contributed by atoms with E-state index in [2.05, 4.69) is 0 Å². The number of carbonyl (C=O) groups excluding carboxylic acids is 2. The van der Waals surface area contributed by atoms with Crippen LogP contribution in [-0.2, 0) is 4.79 Å². The first-order valence-electron chi connectivity index (χ1n) is 9.22. The number of likely N-dealkylation sites (tertiary alicyclic amines) is 2. The molecule has 2 amide bonds. The second kappa shape index (κ2) is 7.60. The molecule has 3 rings (SSSR count). The summed E-state index contributed by atoms with van der Waals surface area (Å²) in [5.41, 5.74) is 0.565. The molecule has 2 aliphatic heterocycles. The van der Waals surface area contributed by atoms with Gasteiger partial charge in [0.1, 0.15) is 6.26 Å². The van der Waals surface area contributed by atoms with Crippen molar-refractivity contribution < 1.29 is 19.1 Å². The lowest BCUT2D eigenvalue weighted by Gasteiger charge is -2.37. The van der Waals surface area contributed by atoms with Gasteiger partial charge in [0.15, 0.2) is 0 Å². The lowest BCUT2D eigenvalue weighted by Crippen LogP contribution is -2.43. The number of hydrogen-bond donors (Lipinski definition) is 1. The molecule has 0 radical (unpaired) electrons. The number of aliphatic hydroxyl groups excluding tert-OH is 1. The Morgan fingerprint density at radius 3 is 2.52 bits per heavy atom. The maximum Gasteiger partial charge on any atom is 0.257 e. The fraction of sp³-hybridized carbons (Fsp3) is 0.684. The zero-order valence-electron chi connectivity index (χ0n) is 15.1. The molecule has 0 aliphatic carbocycles. The first kappa shape index (κ1) is 18.0. The minimum absolute atomic E-state index is 0.0258. The summed E-state index contributed by atoms with van der Waals surface area (Å²) in [4.78, 5) is 28.5. The van der Waals surface area contributed by atoms with Crippen molar-refractivity contribution in [2.75, 3.05) is 32.8 Å². The Labute approximate surface area is 148 Å². The second-order valence-corrected chi connectivity index (χ2v) is 7.65. The van der Waals surface area contributed by atoms with Gasteiger partial charge in [-0.15, -0.1) is 0 Å². The molecule has 25 heavy (non-hydrogen) atoms. The van der Waals surface area contributed by atoms with Crippen LogP contribution in [-0.4, -0.2) is 59.5 Å². The van der Waals surface area contributed by atoms with Crippen LogP contribution < -0.4 is 0 Å². The van der Waals surface area contributed by atoms with E-state index < -0.39 is 0 Å². The molecule has 2 saturated heterocycles. The Morgan fingerprint density at radius 2 is 1.96 bits per heavy atom. The molecule has 0 saturated carbocycles. The average molecular weight is 348 g/mol. The van der Waals surface area contributed by atoms with Gasteiger partial charge in [-0.2, -0.15) is 0 Å². The van der Waals surface area contributed by atoms with E-state index in [0.717, 1.165) is 25.9 Å². The minimum atomic E-state index is -0.0258. The molecular formula is C19H28N2O4. The number of piperidine rings is 1. The van der Waals surface area contributed by atoms with E-state index >= 15 is 0 Å². The first-order chi connectivity index (χ1) is 12.0. The lowest BCUT2D eigenvalue weighted by molar-refractivity contribution is -0.136. The van der Waals surface area contributed by atoms with Crippen LogP contribution >= 0.6 is 0 Å². The molecule has 1 aromatic heterocycles. The van der Waals surface area contributed by atoms with Crippen molar-refractivity contribution in [3.8, 4) is 0 Å². The van der Waals surface area contributed by atoms with Crippen LogP contribution in [0.15, 0.2) is 23.0 Å². The number of nitrogens with zero attached hydrogens (tertiary/aromatic N) is 2. The van der Waals surface area contributed by atoms with Gasteiger partial charge in [0, 0.05) is 44.6 Å². The van der Waals surface area contributed by atoms with Crippen LogP contribution in [0.25, 0.3) is 0 Å². The highest BCUT2D eigenvalue weighted by molar-refractivity contribution is 5.94. The van der Waals surface area contributed by atoms with Gasteiger partial charge in [-0.3, -0.25) is 9.59 Å². The van der Waals surface area contributed by atoms with Crippen molar-refractivity contribution >= 4 is 11.8 Å². The average Bonchev–Trinajstić information content (AvgIpc) is 3.30. The molecule has 2 atom stereocenters. The summed E-state index contributed by atoms with van der Waals surface area (Å²) in [7, 11) is 0. The summed E-state index contributed by atoms with van der Waals surface area (Å²) < 4.78 is 5.01. The lowest BCUT2D eigenvalue weighted by atomic mass is 9.78. The maximum atomic E-state index is 12.5. The molecule has 1 N–H and O–H groups in total. The summed E-state index contributed by atoms with van der Waals surface area (Å²) in [6.45, 7) is 6.82. The number of rotatable bonds is 4. The van der Waals surface area contributed by atoms with Crippen LogP contribution in [0.4, 0.5) is 0 Å². The van der Waals surface area contributed by atoms with E-state index in [-0.39, 0.29) is 30.3 Å². The van der Waals surface area contributed by atoms with Gasteiger partial charge in [-0.05, 0) is 30.7 Å². The van der Waals surface area contributed by atoms with Crippen molar-refractivity contribution in [2.45, 2.75) is 26.7 Å². The summed E-state index contributed by atoms with van der Waals surface area (Å²) in [5, 5.41) is 9.79. The van der Waals surface area contributed by atoms with Crippen molar-refractivity contribution in [2.24, 2.45) is 23.7 Å².